The zero-order valence-electron chi connectivity index (χ0n) is 12.1. The van der Waals surface area contributed by atoms with Gasteiger partial charge in [-0.1, -0.05) is 26.0 Å². The van der Waals surface area contributed by atoms with Gasteiger partial charge in [0.05, 0.1) is 23.1 Å². The second kappa shape index (κ2) is 7.22. The smallest absolute Gasteiger partial charge is 0.252 e. The molecule has 0 unspecified atom stereocenters. The highest BCUT2D eigenvalue weighted by Gasteiger charge is 2.08. The van der Waals surface area contributed by atoms with Crippen LogP contribution in [-0.2, 0) is 0 Å². The summed E-state index contributed by atoms with van der Waals surface area (Å²) in [6.45, 7) is 4.77. The summed E-state index contributed by atoms with van der Waals surface area (Å²) >= 11 is 3.48. The van der Waals surface area contributed by atoms with E-state index in [4.69, 9.17) is 0 Å². The quantitative estimate of drug-likeness (QED) is 0.860. The highest BCUT2D eigenvalue weighted by molar-refractivity contribution is 9.10. The molecule has 1 heterocycles. The molecule has 0 aliphatic rings. The minimum atomic E-state index is -0.105. The fourth-order valence-electron chi connectivity index (χ4n) is 1.75. The Hall–Kier alpha value is -1.88. The van der Waals surface area contributed by atoms with Crippen molar-refractivity contribution in [2.24, 2.45) is 5.92 Å². The van der Waals surface area contributed by atoms with E-state index in [-0.39, 0.29) is 5.91 Å². The average molecular weight is 348 g/mol. The first-order valence-electron chi connectivity index (χ1n) is 6.81. The lowest BCUT2D eigenvalue weighted by atomic mass is 10.2. The normalized spacial score (nSPS) is 10.5. The van der Waals surface area contributed by atoms with Crippen molar-refractivity contribution in [3.8, 4) is 0 Å². The van der Waals surface area contributed by atoms with Crippen molar-refractivity contribution in [3.05, 3.63) is 52.8 Å². The lowest BCUT2D eigenvalue weighted by Gasteiger charge is -2.10. The Labute approximate surface area is 133 Å². The molecule has 21 heavy (non-hydrogen) atoms. The topological polar surface area (TPSA) is 54.0 Å². The van der Waals surface area contributed by atoms with Gasteiger partial charge >= 0.3 is 0 Å². The van der Waals surface area contributed by atoms with E-state index in [0.717, 1.165) is 15.8 Å². The van der Waals surface area contributed by atoms with Crippen LogP contribution in [-0.4, -0.2) is 17.4 Å². The predicted octanol–water partition coefficient (Wildman–Crippen LogP) is 3.97. The zero-order chi connectivity index (χ0) is 15.2. The third kappa shape index (κ3) is 4.56. The van der Waals surface area contributed by atoms with Gasteiger partial charge in [0.1, 0.15) is 0 Å². The zero-order valence-corrected chi connectivity index (χ0v) is 13.6. The van der Waals surface area contributed by atoms with Crippen LogP contribution >= 0.6 is 15.9 Å². The Morgan fingerprint density at radius 1 is 1.29 bits per heavy atom. The van der Waals surface area contributed by atoms with Gasteiger partial charge in [-0.3, -0.25) is 9.78 Å². The molecule has 0 aliphatic heterocycles. The summed E-state index contributed by atoms with van der Waals surface area (Å²) in [4.78, 5) is 16.2. The van der Waals surface area contributed by atoms with Gasteiger partial charge in [-0.25, -0.2) is 0 Å². The van der Waals surface area contributed by atoms with Gasteiger partial charge in [0.25, 0.3) is 5.91 Å². The molecule has 0 radical (unpaired) electrons. The number of halogens is 1. The maximum atomic E-state index is 12.0. The highest BCUT2D eigenvalue weighted by Crippen LogP contribution is 2.25. The summed E-state index contributed by atoms with van der Waals surface area (Å²) in [6.07, 6.45) is 3.26. The molecular formula is C16H18BrN3O. The molecule has 0 spiro atoms. The summed E-state index contributed by atoms with van der Waals surface area (Å²) in [5.41, 5.74) is 2.26. The SMILES string of the molecule is CC(C)CNC(=O)c1cncc(Nc2ccccc2Br)c1. The molecule has 0 fully saturated rings. The number of nitrogens with zero attached hydrogens (tertiary/aromatic N) is 1. The molecule has 0 bridgehead atoms. The largest absolute Gasteiger partial charge is 0.353 e. The maximum absolute atomic E-state index is 12.0. The molecule has 1 aromatic heterocycles. The van der Waals surface area contributed by atoms with Crippen LogP contribution in [0.4, 0.5) is 11.4 Å². The van der Waals surface area contributed by atoms with Crippen LogP contribution in [0.2, 0.25) is 0 Å². The van der Waals surface area contributed by atoms with Crippen LogP contribution < -0.4 is 10.6 Å². The van der Waals surface area contributed by atoms with Crippen molar-refractivity contribution in [2.75, 3.05) is 11.9 Å². The monoisotopic (exact) mass is 347 g/mol. The summed E-state index contributed by atoms with van der Waals surface area (Å²) in [7, 11) is 0. The van der Waals surface area contributed by atoms with E-state index in [9.17, 15) is 4.79 Å². The van der Waals surface area contributed by atoms with Crippen molar-refractivity contribution >= 4 is 33.2 Å². The molecule has 0 atom stereocenters. The Morgan fingerprint density at radius 2 is 2.05 bits per heavy atom. The molecule has 0 saturated heterocycles. The Kier molecular flexibility index (Phi) is 5.33. The second-order valence-corrected chi connectivity index (χ2v) is 6.03. The number of benzene rings is 1. The molecular weight excluding hydrogens is 330 g/mol. The fourth-order valence-corrected chi connectivity index (χ4v) is 2.13. The summed E-state index contributed by atoms with van der Waals surface area (Å²) in [6, 6.07) is 9.59. The van der Waals surface area contributed by atoms with Crippen molar-refractivity contribution in [1.29, 1.82) is 0 Å². The standard InChI is InChI=1S/C16H18BrN3O/c1-11(2)8-19-16(21)12-7-13(10-18-9-12)20-15-6-4-3-5-14(15)17/h3-7,9-11,20H,8H2,1-2H3,(H,19,21). The van der Waals surface area contributed by atoms with E-state index in [1.54, 1.807) is 18.5 Å². The Bertz CT molecular complexity index is 628. The van der Waals surface area contributed by atoms with Gasteiger partial charge in [-0.15, -0.1) is 0 Å². The molecule has 110 valence electrons. The number of amides is 1. The van der Waals surface area contributed by atoms with Gasteiger partial charge in [0, 0.05) is 17.2 Å². The number of hydrogen-bond acceptors (Lipinski definition) is 3. The van der Waals surface area contributed by atoms with Crippen LogP contribution in [0.5, 0.6) is 0 Å². The number of hydrogen-bond donors (Lipinski definition) is 2. The number of carbonyl (C=O) groups excluding carboxylic acids is 1. The van der Waals surface area contributed by atoms with E-state index in [1.807, 2.05) is 24.3 Å². The molecule has 2 aromatic rings. The van der Waals surface area contributed by atoms with Gasteiger partial charge in [0.2, 0.25) is 0 Å². The number of para-hydroxylation sites is 1. The molecule has 0 aliphatic carbocycles. The molecule has 1 amide bonds. The van der Waals surface area contributed by atoms with Crippen molar-refractivity contribution in [1.82, 2.24) is 10.3 Å². The number of pyridine rings is 1. The van der Waals surface area contributed by atoms with Crippen molar-refractivity contribution < 1.29 is 4.79 Å². The van der Waals surface area contributed by atoms with Gasteiger partial charge in [-0.2, -0.15) is 0 Å². The van der Waals surface area contributed by atoms with E-state index in [2.05, 4.69) is 45.4 Å². The summed E-state index contributed by atoms with van der Waals surface area (Å²) in [5, 5.41) is 6.13. The van der Waals surface area contributed by atoms with Gasteiger partial charge in [0.15, 0.2) is 0 Å². The lowest BCUT2D eigenvalue weighted by Crippen LogP contribution is -2.27. The van der Waals surface area contributed by atoms with E-state index < -0.39 is 0 Å². The number of carbonyl (C=O) groups is 1. The van der Waals surface area contributed by atoms with Crippen LogP contribution in [0.25, 0.3) is 0 Å². The summed E-state index contributed by atoms with van der Waals surface area (Å²) < 4.78 is 0.958. The lowest BCUT2D eigenvalue weighted by molar-refractivity contribution is 0.0948. The van der Waals surface area contributed by atoms with Crippen molar-refractivity contribution in [3.63, 3.8) is 0 Å². The van der Waals surface area contributed by atoms with E-state index >= 15 is 0 Å². The van der Waals surface area contributed by atoms with Crippen LogP contribution in [0.1, 0.15) is 24.2 Å². The second-order valence-electron chi connectivity index (χ2n) is 5.17. The number of nitrogens with one attached hydrogen (secondary N) is 2. The fraction of sp³-hybridized carbons (Fsp3) is 0.250. The van der Waals surface area contributed by atoms with Gasteiger partial charge in [-0.05, 0) is 40.0 Å². The third-order valence-corrected chi connectivity index (χ3v) is 3.52. The molecule has 4 nitrogen and oxygen atoms in total. The average Bonchev–Trinajstić information content (AvgIpc) is 2.47. The van der Waals surface area contributed by atoms with Crippen LogP contribution in [0, 0.1) is 5.92 Å². The molecule has 2 N–H and O–H groups in total. The highest BCUT2D eigenvalue weighted by atomic mass is 79.9. The Balaban J connectivity index is 2.11. The molecule has 0 saturated carbocycles. The van der Waals surface area contributed by atoms with E-state index in [1.165, 1.54) is 0 Å². The van der Waals surface area contributed by atoms with Crippen LogP contribution in [0.15, 0.2) is 47.2 Å². The molecule has 2 rings (SSSR count). The Morgan fingerprint density at radius 3 is 2.76 bits per heavy atom. The maximum Gasteiger partial charge on any atom is 0.252 e. The minimum Gasteiger partial charge on any atom is -0.353 e. The number of aromatic nitrogens is 1. The molecule has 1 aromatic carbocycles. The first-order valence-corrected chi connectivity index (χ1v) is 7.60. The number of rotatable bonds is 5. The van der Waals surface area contributed by atoms with Crippen LogP contribution in [0.3, 0.4) is 0 Å². The first kappa shape index (κ1) is 15.5. The first-order chi connectivity index (χ1) is 10.1. The molecule has 5 heteroatoms. The van der Waals surface area contributed by atoms with E-state index in [0.29, 0.717) is 18.0 Å². The van der Waals surface area contributed by atoms with Crippen molar-refractivity contribution in [2.45, 2.75) is 13.8 Å². The van der Waals surface area contributed by atoms with Gasteiger partial charge < -0.3 is 10.6 Å². The minimum absolute atomic E-state index is 0.105. The predicted molar refractivity (Wildman–Crippen MR) is 88.8 cm³/mol. The summed E-state index contributed by atoms with van der Waals surface area (Å²) in [5.74, 6) is 0.315. The third-order valence-electron chi connectivity index (χ3n) is 2.82. The number of anilines is 2.